The third kappa shape index (κ3) is 4.43. The van der Waals surface area contributed by atoms with Gasteiger partial charge in [-0.3, -0.25) is 0 Å². The van der Waals surface area contributed by atoms with E-state index in [2.05, 4.69) is 61.3 Å². The van der Waals surface area contributed by atoms with Gasteiger partial charge < -0.3 is 19.7 Å². The molecule has 6 heteroatoms. The number of morpholine rings is 1. The van der Waals surface area contributed by atoms with Crippen molar-refractivity contribution in [3.05, 3.63) is 26.6 Å². The second-order valence-corrected chi connectivity index (χ2v) is 6.69. The number of methoxy groups -OCH3 is 1. The van der Waals surface area contributed by atoms with Crippen molar-refractivity contribution in [2.24, 2.45) is 0 Å². The number of rotatable bonds is 5. The van der Waals surface area contributed by atoms with Crippen LogP contribution in [0.3, 0.4) is 0 Å². The topological polar surface area (TPSA) is 33.7 Å². The van der Waals surface area contributed by atoms with Gasteiger partial charge in [-0.05, 0) is 56.6 Å². The number of likely N-dealkylation sites (N-methyl/N-ethyl adjacent to an activating group) is 1. The van der Waals surface area contributed by atoms with Crippen molar-refractivity contribution in [1.29, 1.82) is 0 Å². The monoisotopic (exact) mass is 406 g/mol. The van der Waals surface area contributed by atoms with E-state index in [-0.39, 0.29) is 6.10 Å². The Bertz CT molecular complexity index is 434. The second-order valence-electron chi connectivity index (χ2n) is 4.98. The van der Waals surface area contributed by atoms with Crippen molar-refractivity contribution in [3.8, 4) is 5.75 Å². The Morgan fingerprint density at radius 3 is 2.70 bits per heavy atom. The molecule has 0 bridgehead atoms. The fourth-order valence-corrected chi connectivity index (χ4v) is 3.88. The van der Waals surface area contributed by atoms with E-state index in [4.69, 9.17) is 9.47 Å². The number of halogens is 2. The van der Waals surface area contributed by atoms with E-state index in [0.717, 1.165) is 47.5 Å². The van der Waals surface area contributed by atoms with Crippen LogP contribution >= 0.6 is 31.9 Å². The van der Waals surface area contributed by atoms with Gasteiger partial charge in [0.25, 0.3) is 0 Å². The van der Waals surface area contributed by atoms with Crippen LogP contribution in [0.2, 0.25) is 0 Å². The molecule has 0 aliphatic carbocycles. The van der Waals surface area contributed by atoms with Gasteiger partial charge in [-0.15, -0.1) is 0 Å². The molecule has 0 spiro atoms. The molecule has 1 aliphatic rings. The SMILES string of the molecule is COc1c(Br)cc(CNCC2CN(C)CCO2)cc1Br. The number of benzene rings is 1. The van der Waals surface area contributed by atoms with Gasteiger partial charge in [0.1, 0.15) is 5.75 Å². The normalized spacial score (nSPS) is 20.1. The maximum atomic E-state index is 5.73. The van der Waals surface area contributed by atoms with E-state index < -0.39 is 0 Å². The smallest absolute Gasteiger partial charge is 0.147 e. The third-order valence-electron chi connectivity index (χ3n) is 3.31. The molecule has 112 valence electrons. The molecular weight excluding hydrogens is 388 g/mol. The van der Waals surface area contributed by atoms with Crippen LogP contribution < -0.4 is 10.1 Å². The first-order valence-corrected chi connectivity index (χ1v) is 8.21. The summed E-state index contributed by atoms with van der Waals surface area (Å²) in [5, 5.41) is 3.45. The zero-order chi connectivity index (χ0) is 14.5. The number of hydrogen-bond acceptors (Lipinski definition) is 4. The van der Waals surface area contributed by atoms with Gasteiger partial charge in [0, 0.05) is 26.2 Å². The molecule has 1 heterocycles. The molecule has 2 rings (SSSR count). The molecule has 4 nitrogen and oxygen atoms in total. The number of hydrogen-bond donors (Lipinski definition) is 1. The molecule has 1 aromatic carbocycles. The van der Waals surface area contributed by atoms with Gasteiger partial charge in [0.15, 0.2) is 0 Å². The van der Waals surface area contributed by atoms with Gasteiger partial charge in [-0.1, -0.05) is 0 Å². The summed E-state index contributed by atoms with van der Waals surface area (Å²) in [5.74, 6) is 0.825. The Hall–Kier alpha value is -0.140. The predicted octanol–water partition coefficient (Wildman–Crippen LogP) is 2.64. The minimum Gasteiger partial charge on any atom is -0.494 e. The zero-order valence-corrected chi connectivity index (χ0v) is 15.0. The summed E-state index contributed by atoms with van der Waals surface area (Å²) < 4.78 is 12.9. The first-order valence-electron chi connectivity index (χ1n) is 6.63. The molecule has 0 saturated carbocycles. The number of nitrogens with zero attached hydrogens (tertiary/aromatic N) is 1. The average molecular weight is 408 g/mol. The summed E-state index contributed by atoms with van der Waals surface area (Å²) in [6, 6.07) is 4.15. The highest BCUT2D eigenvalue weighted by Gasteiger charge is 2.17. The third-order valence-corrected chi connectivity index (χ3v) is 4.48. The highest BCUT2D eigenvalue weighted by Crippen LogP contribution is 2.34. The van der Waals surface area contributed by atoms with Crippen LogP contribution in [-0.4, -0.2) is 51.4 Å². The molecule has 1 saturated heterocycles. The molecule has 1 aliphatic heterocycles. The van der Waals surface area contributed by atoms with Gasteiger partial charge in [-0.2, -0.15) is 0 Å². The Morgan fingerprint density at radius 2 is 2.10 bits per heavy atom. The molecule has 0 aromatic heterocycles. The Balaban J connectivity index is 1.85. The Kier molecular flexibility index (Phi) is 6.29. The lowest BCUT2D eigenvalue weighted by Crippen LogP contribution is -2.44. The largest absolute Gasteiger partial charge is 0.494 e. The fourth-order valence-electron chi connectivity index (χ4n) is 2.28. The van der Waals surface area contributed by atoms with E-state index in [9.17, 15) is 0 Å². The minimum atomic E-state index is 0.277. The fraction of sp³-hybridized carbons (Fsp3) is 0.571. The molecule has 0 amide bonds. The number of nitrogens with one attached hydrogen (secondary N) is 1. The molecule has 20 heavy (non-hydrogen) atoms. The van der Waals surface area contributed by atoms with Crippen LogP contribution in [0.4, 0.5) is 0 Å². The predicted molar refractivity (Wildman–Crippen MR) is 87.3 cm³/mol. The average Bonchev–Trinajstić information content (AvgIpc) is 2.38. The maximum Gasteiger partial charge on any atom is 0.147 e. The Morgan fingerprint density at radius 1 is 1.40 bits per heavy atom. The first-order chi connectivity index (χ1) is 9.60. The lowest BCUT2D eigenvalue weighted by Gasteiger charge is -2.30. The van der Waals surface area contributed by atoms with Crippen LogP contribution in [0.1, 0.15) is 5.56 Å². The standard InChI is InChI=1S/C14H20Br2N2O2/c1-18-3-4-20-11(9-18)8-17-7-10-5-12(15)14(19-2)13(16)6-10/h5-6,11,17H,3-4,7-9H2,1-2H3. The lowest BCUT2D eigenvalue weighted by molar-refractivity contribution is -0.0182. The summed E-state index contributed by atoms with van der Waals surface area (Å²) >= 11 is 7.04. The highest BCUT2D eigenvalue weighted by atomic mass is 79.9. The lowest BCUT2D eigenvalue weighted by atomic mass is 10.2. The summed E-state index contributed by atoms with van der Waals surface area (Å²) in [5.41, 5.74) is 1.20. The van der Waals surface area contributed by atoms with Gasteiger partial charge in [-0.25, -0.2) is 0 Å². The molecule has 0 radical (unpaired) electrons. The van der Waals surface area contributed by atoms with E-state index >= 15 is 0 Å². The van der Waals surface area contributed by atoms with Crippen molar-refractivity contribution < 1.29 is 9.47 Å². The van der Waals surface area contributed by atoms with E-state index in [0.29, 0.717) is 0 Å². The van der Waals surface area contributed by atoms with Crippen molar-refractivity contribution in [2.45, 2.75) is 12.6 Å². The van der Waals surface area contributed by atoms with Crippen LogP contribution in [-0.2, 0) is 11.3 Å². The van der Waals surface area contributed by atoms with E-state index in [1.807, 2.05) is 0 Å². The second kappa shape index (κ2) is 7.75. The van der Waals surface area contributed by atoms with Crippen LogP contribution in [0.25, 0.3) is 0 Å². The van der Waals surface area contributed by atoms with Crippen LogP contribution in [0.15, 0.2) is 21.1 Å². The number of ether oxygens (including phenoxy) is 2. The Labute approximate surface area is 137 Å². The molecular formula is C14H20Br2N2O2. The van der Waals surface area contributed by atoms with Crippen molar-refractivity contribution >= 4 is 31.9 Å². The summed E-state index contributed by atoms with van der Waals surface area (Å²) in [6.45, 7) is 4.51. The summed E-state index contributed by atoms with van der Waals surface area (Å²) in [7, 11) is 3.80. The van der Waals surface area contributed by atoms with E-state index in [1.165, 1.54) is 5.56 Å². The van der Waals surface area contributed by atoms with Crippen molar-refractivity contribution in [1.82, 2.24) is 10.2 Å². The quantitative estimate of drug-likeness (QED) is 0.813. The summed E-state index contributed by atoms with van der Waals surface area (Å²) in [6.07, 6.45) is 0.277. The van der Waals surface area contributed by atoms with Crippen LogP contribution in [0, 0.1) is 0 Å². The first kappa shape index (κ1) is 16.2. The van der Waals surface area contributed by atoms with Crippen molar-refractivity contribution in [2.75, 3.05) is 40.4 Å². The molecule has 1 N–H and O–H groups in total. The zero-order valence-electron chi connectivity index (χ0n) is 11.8. The van der Waals surface area contributed by atoms with Gasteiger partial charge >= 0.3 is 0 Å². The van der Waals surface area contributed by atoms with E-state index in [1.54, 1.807) is 7.11 Å². The molecule has 1 fully saturated rings. The van der Waals surface area contributed by atoms with Crippen LogP contribution in [0.5, 0.6) is 5.75 Å². The summed E-state index contributed by atoms with van der Waals surface area (Å²) in [4.78, 5) is 2.30. The van der Waals surface area contributed by atoms with Gasteiger partial charge in [0.05, 0.1) is 28.8 Å². The maximum absolute atomic E-state index is 5.73. The minimum absolute atomic E-state index is 0.277. The van der Waals surface area contributed by atoms with Crippen molar-refractivity contribution in [3.63, 3.8) is 0 Å². The van der Waals surface area contributed by atoms with Gasteiger partial charge in [0.2, 0.25) is 0 Å². The molecule has 1 aromatic rings. The molecule has 1 unspecified atom stereocenters. The highest BCUT2D eigenvalue weighted by molar-refractivity contribution is 9.11. The molecule has 1 atom stereocenters.